The zero-order valence-corrected chi connectivity index (χ0v) is 19.6. The number of ether oxygens (including phenoxy) is 1. The number of phenolic OH excluding ortho intramolecular Hbond substituents is 1. The standard InChI is InChI=1S/C25H34O2S2/c1-16-9-10-20-19(13-16)23-21(26)14-18(15-22(23)27-24(20,2)3)25(28-11-12-29-25)17-7-5-4-6-8-17/h9,14-15,17,19-20,26H,4-8,10-13H2,1-3H3. The summed E-state index contributed by atoms with van der Waals surface area (Å²) in [7, 11) is 0. The quantitative estimate of drug-likeness (QED) is 0.502. The minimum absolute atomic E-state index is 0.0969. The molecule has 2 unspecified atom stereocenters. The lowest BCUT2D eigenvalue weighted by Gasteiger charge is -2.47. The van der Waals surface area contributed by atoms with Gasteiger partial charge in [-0.15, -0.1) is 23.5 Å². The molecule has 0 bridgehead atoms. The number of aromatic hydroxyl groups is 1. The predicted octanol–water partition coefficient (Wildman–Crippen LogP) is 7.22. The van der Waals surface area contributed by atoms with E-state index in [1.54, 1.807) is 0 Å². The molecule has 4 heteroatoms. The molecule has 5 rings (SSSR count). The summed E-state index contributed by atoms with van der Waals surface area (Å²) >= 11 is 4.24. The van der Waals surface area contributed by atoms with E-state index in [2.05, 4.69) is 62.5 Å². The highest BCUT2D eigenvalue weighted by Gasteiger charge is 2.49. The highest BCUT2D eigenvalue weighted by molar-refractivity contribution is 8.20. The van der Waals surface area contributed by atoms with Gasteiger partial charge in [-0.05, 0) is 70.1 Å². The number of phenols is 1. The van der Waals surface area contributed by atoms with Crippen LogP contribution in [-0.2, 0) is 4.08 Å². The lowest BCUT2D eigenvalue weighted by molar-refractivity contribution is 0.00748. The van der Waals surface area contributed by atoms with Crippen LogP contribution in [0, 0.1) is 11.8 Å². The van der Waals surface area contributed by atoms with Crippen LogP contribution >= 0.6 is 23.5 Å². The third-order valence-electron chi connectivity index (χ3n) is 7.77. The summed E-state index contributed by atoms with van der Waals surface area (Å²) in [5, 5.41) is 11.3. The first kappa shape index (κ1) is 20.2. The van der Waals surface area contributed by atoms with E-state index in [-0.39, 0.29) is 9.68 Å². The second-order valence-corrected chi connectivity index (χ2v) is 13.0. The molecule has 0 radical (unpaired) electrons. The third kappa shape index (κ3) is 3.33. The first-order valence-corrected chi connectivity index (χ1v) is 13.4. The predicted molar refractivity (Wildman–Crippen MR) is 125 cm³/mol. The van der Waals surface area contributed by atoms with Crippen LogP contribution in [0.15, 0.2) is 23.8 Å². The molecule has 0 amide bonds. The summed E-state index contributed by atoms with van der Waals surface area (Å²) in [6, 6.07) is 4.44. The maximum absolute atomic E-state index is 11.3. The van der Waals surface area contributed by atoms with E-state index in [1.807, 2.05) is 0 Å². The van der Waals surface area contributed by atoms with Crippen molar-refractivity contribution in [3.05, 3.63) is 34.9 Å². The van der Waals surface area contributed by atoms with Gasteiger partial charge >= 0.3 is 0 Å². The smallest absolute Gasteiger partial charge is 0.127 e. The first-order chi connectivity index (χ1) is 13.9. The first-order valence-electron chi connectivity index (χ1n) is 11.4. The second kappa shape index (κ2) is 7.44. The molecule has 0 aromatic heterocycles. The Kier molecular flexibility index (Phi) is 5.18. The molecule has 29 heavy (non-hydrogen) atoms. The molecule has 1 saturated heterocycles. The largest absolute Gasteiger partial charge is 0.508 e. The van der Waals surface area contributed by atoms with Crippen molar-refractivity contribution in [3.63, 3.8) is 0 Å². The Balaban J connectivity index is 1.59. The molecule has 2 nitrogen and oxygen atoms in total. The fraction of sp³-hybridized carbons (Fsp3) is 0.680. The van der Waals surface area contributed by atoms with Crippen LogP contribution in [0.5, 0.6) is 11.5 Å². The van der Waals surface area contributed by atoms with Gasteiger partial charge in [0.15, 0.2) is 0 Å². The van der Waals surface area contributed by atoms with Crippen molar-refractivity contribution in [1.29, 1.82) is 0 Å². The normalized spacial score (nSPS) is 30.8. The van der Waals surface area contributed by atoms with Gasteiger partial charge in [-0.25, -0.2) is 0 Å². The maximum Gasteiger partial charge on any atom is 0.127 e. The third-order valence-corrected chi connectivity index (χ3v) is 11.5. The van der Waals surface area contributed by atoms with Crippen molar-refractivity contribution >= 4 is 23.5 Å². The average molecular weight is 431 g/mol. The van der Waals surface area contributed by atoms with Crippen molar-refractivity contribution in [2.45, 2.75) is 81.3 Å². The molecule has 158 valence electrons. The number of hydrogen-bond acceptors (Lipinski definition) is 4. The van der Waals surface area contributed by atoms with Crippen LogP contribution in [-0.4, -0.2) is 22.2 Å². The summed E-state index contributed by atoms with van der Waals surface area (Å²) in [4.78, 5) is 0. The lowest BCUT2D eigenvalue weighted by Crippen LogP contribution is -2.45. The van der Waals surface area contributed by atoms with Crippen LogP contribution < -0.4 is 4.74 Å². The van der Waals surface area contributed by atoms with Crippen molar-refractivity contribution in [2.24, 2.45) is 11.8 Å². The van der Waals surface area contributed by atoms with Crippen molar-refractivity contribution in [2.75, 3.05) is 11.5 Å². The molecule has 4 aliphatic rings. The zero-order valence-electron chi connectivity index (χ0n) is 18.0. The molecule has 1 N–H and O–H groups in total. The van der Waals surface area contributed by atoms with E-state index in [1.165, 1.54) is 54.7 Å². The van der Waals surface area contributed by atoms with Crippen LogP contribution in [0.1, 0.15) is 82.8 Å². The Morgan fingerprint density at radius 1 is 1.07 bits per heavy atom. The fourth-order valence-corrected chi connectivity index (χ4v) is 9.93. The fourth-order valence-electron chi connectivity index (χ4n) is 6.31. The average Bonchev–Trinajstić information content (AvgIpc) is 3.18. The molecule has 1 aromatic rings. The van der Waals surface area contributed by atoms with Gasteiger partial charge in [-0.1, -0.05) is 30.9 Å². The number of benzene rings is 1. The summed E-state index contributed by atoms with van der Waals surface area (Å²) in [6.45, 7) is 6.71. The molecule has 0 spiro atoms. The van der Waals surface area contributed by atoms with Crippen molar-refractivity contribution in [3.8, 4) is 11.5 Å². The van der Waals surface area contributed by atoms with Crippen LogP contribution in [0.2, 0.25) is 0 Å². The Morgan fingerprint density at radius 2 is 1.79 bits per heavy atom. The highest BCUT2D eigenvalue weighted by Crippen LogP contribution is 2.62. The van der Waals surface area contributed by atoms with Gasteiger partial charge < -0.3 is 9.84 Å². The number of rotatable bonds is 2. The van der Waals surface area contributed by atoms with Gasteiger partial charge in [-0.3, -0.25) is 0 Å². The minimum atomic E-state index is -0.201. The Bertz CT molecular complexity index is 816. The van der Waals surface area contributed by atoms with Gasteiger partial charge in [0.25, 0.3) is 0 Å². The second-order valence-electron chi connectivity index (χ2n) is 10.0. The summed E-state index contributed by atoms with van der Waals surface area (Å²) in [6.07, 6.45) is 11.2. The summed E-state index contributed by atoms with van der Waals surface area (Å²) in [5.41, 5.74) is 3.61. The summed E-state index contributed by atoms with van der Waals surface area (Å²) in [5.74, 6) is 5.33. The van der Waals surface area contributed by atoms with E-state index < -0.39 is 0 Å². The Morgan fingerprint density at radius 3 is 2.52 bits per heavy atom. The van der Waals surface area contributed by atoms with Crippen LogP contribution in [0.4, 0.5) is 0 Å². The Hall–Kier alpha value is -0.740. The van der Waals surface area contributed by atoms with E-state index in [4.69, 9.17) is 4.74 Å². The van der Waals surface area contributed by atoms with E-state index in [0.717, 1.165) is 24.2 Å². The van der Waals surface area contributed by atoms with E-state index >= 15 is 0 Å². The monoisotopic (exact) mass is 430 g/mol. The van der Waals surface area contributed by atoms with Crippen LogP contribution in [0.25, 0.3) is 0 Å². The van der Waals surface area contributed by atoms with Gasteiger partial charge in [0.05, 0.1) is 4.08 Å². The van der Waals surface area contributed by atoms with Crippen molar-refractivity contribution < 1.29 is 9.84 Å². The molecular formula is C25H34O2S2. The van der Waals surface area contributed by atoms with E-state index in [9.17, 15) is 5.11 Å². The molecule has 2 atom stereocenters. The molecule has 2 fully saturated rings. The van der Waals surface area contributed by atoms with Crippen molar-refractivity contribution in [1.82, 2.24) is 0 Å². The Labute approximate surface area is 184 Å². The van der Waals surface area contributed by atoms with Crippen LogP contribution in [0.3, 0.4) is 0 Å². The SMILES string of the molecule is CC1=CCC2C(C1)c1c(O)cc(C3(C4CCCCC4)SCCS3)cc1OC2(C)C. The molecule has 1 aromatic carbocycles. The maximum atomic E-state index is 11.3. The molecule has 1 saturated carbocycles. The lowest BCUT2D eigenvalue weighted by atomic mass is 9.67. The summed E-state index contributed by atoms with van der Waals surface area (Å²) < 4.78 is 6.73. The number of hydrogen-bond donors (Lipinski definition) is 1. The number of thioether (sulfide) groups is 2. The highest BCUT2D eigenvalue weighted by atomic mass is 32.2. The number of fused-ring (bicyclic) bond motifs is 3. The zero-order chi connectivity index (χ0) is 20.2. The topological polar surface area (TPSA) is 29.5 Å². The number of allylic oxidation sites excluding steroid dienone is 2. The van der Waals surface area contributed by atoms with Gasteiger partial charge in [-0.2, -0.15) is 0 Å². The molecule has 2 heterocycles. The van der Waals surface area contributed by atoms with Gasteiger partial charge in [0.1, 0.15) is 17.1 Å². The van der Waals surface area contributed by atoms with Gasteiger partial charge in [0.2, 0.25) is 0 Å². The molecule has 2 aliphatic carbocycles. The van der Waals surface area contributed by atoms with E-state index in [0.29, 0.717) is 23.5 Å². The molecular weight excluding hydrogens is 396 g/mol. The minimum Gasteiger partial charge on any atom is -0.508 e. The molecule has 2 aliphatic heterocycles. The van der Waals surface area contributed by atoms with Gasteiger partial charge in [0, 0.05) is 28.9 Å².